The number of amides is 2. The summed E-state index contributed by atoms with van der Waals surface area (Å²) in [7, 11) is 0. The second-order valence-corrected chi connectivity index (χ2v) is 10.0. The Kier molecular flexibility index (Phi) is 6.41. The Bertz CT molecular complexity index is 1260. The smallest absolute Gasteiger partial charge is 0.326 e. The van der Waals surface area contributed by atoms with Crippen LogP contribution < -0.4 is 5.32 Å². The summed E-state index contributed by atoms with van der Waals surface area (Å²) in [6.45, 7) is 6.56. The van der Waals surface area contributed by atoms with Crippen molar-refractivity contribution >= 4 is 40.3 Å². The van der Waals surface area contributed by atoms with Gasteiger partial charge in [0.2, 0.25) is 5.91 Å². The topological polar surface area (TPSA) is 91.5 Å². The van der Waals surface area contributed by atoms with Crippen molar-refractivity contribution < 1.29 is 19.1 Å². The number of H-pyrrole nitrogens is 1. The summed E-state index contributed by atoms with van der Waals surface area (Å²) in [6, 6.07) is 13.9. The molecule has 0 saturated heterocycles. The largest absolute Gasteiger partial charge is 0.459 e. The molecule has 4 rings (SSSR count). The Balaban J connectivity index is 1.61. The fourth-order valence-corrected chi connectivity index (χ4v) is 4.66. The van der Waals surface area contributed by atoms with Crippen molar-refractivity contribution in [1.82, 2.24) is 15.2 Å². The Labute approximate surface area is 203 Å². The van der Waals surface area contributed by atoms with Gasteiger partial charge >= 0.3 is 5.97 Å². The summed E-state index contributed by atoms with van der Waals surface area (Å²) in [5.41, 5.74) is 2.47. The highest BCUT2D eigenvalue weighted by Gasteiger charge is 2.40. The fourth-order valence-electron chi connectivity index (χ4n) is 4.48. The molecule has 1 aliphatic carbocycles. The van der Waals surface area contributed by atoms with Gasteiger partial charge in [0.15, 0.2) is 0 Å². The number of fused-ring (bicyclic) bond motifs is 2. The minimum absolute atomic E-state index is 0.205. The second-order valence-electron chi connectivity index (χ2n) is 9.58. The number of halogens is 1. The van der Waals surface area contributed by atoms with E-state index in [9.17, 15) is 14.4 Å². The molecule has 178 valence electrons. The molecule has 1 aliphatic rings. The molecule has 7 nitrogen and oxygen atoms in total. The number of hydrogen-bond donors (Lipinski definition) is 2. The summed E-state index contributed by atoms with van der Waals surface area (Å²) >= 11 is 6.07. The minimum Gasteiger partial charge on any atom is -0.459 e. The molecule has 1 heterocycles. The van der Waals surface area contributed by atoms with Crippen LogP contribution in [0.15, 0.2) is 48.5 Å². The van der Waals surface area contributed by atoms with Crippen LogP contribution in [0.3, 0.4) is 0 Å². The van der Waals surface area contributed by atoms with Crippen LogP contribution in [-0.2, 0) is 20.7 Å². The van der Waals surface area contributed by atoms with Crippen molar-refractivity contribution in [3.05, 3.63) is 70.4 Å². The Morgan fingerprint density at radius 3 is 2.59 bits per heavy atom. The Morgan fingerprint density at radius 2 is 1.88 bits per heavy atom. The van der Waals surface area contributed by atoms with Crippen molar-refractivity contribution in [2.45, 2.75) is 51.8 Å². The highest BCUT2D eigenvalue weighted by atomic mass is 35.5. The first kappa shape index (κ1) is 23.8. The first-order valence-corrected chi connectivity index (χ1v) is 11.6. The van der Waals surface area contributed by atoms with Crippen LogP contribution in [0.25, 0.3) is 10.9 Å². The van der Waals surface area contributed by atoms with Crippen LogP contribution in [0.4, 0.5) is 0 Å². The van der Waals surface area contributed by atoms with Gasteiger partial charge in [0.1, 0.15) is 17.8 Å². The molecule has 0 bridgehead atoms. The molecule has 0 unspecified atom stereocenters. The van der Waals surface area contributed by atoms with Gasteiger partial charge in [-0.15, -0.1) is 0 Å². The van der Waals surface area contributed by atoms with Crippen LogP contribution in [0, 0.1) is 0 Å². The van der Waals surface area contributed by atoms with Crippen molar-refractivity contribution in [2.24, 2.45) is 0 Å². The summed E-state index contributed by atoms with van der Waals surface area (Å²) in [4.78, 5) is 43.1. The number of carbonyl (C=O) groups is 3. The monoisotopic (exact) mass is 481 g/mol. The zero-order valence-electron chi connectivity index (χ0n) is 19.6. The third-order valence-electron chi connectivity index (χ3n) is 5.80. The van der Waals surface area contributed by atoms with Crippen LogP contribution in [-0.4, -0.2) is 45.9 Å². The van der Waals surface area contributed by atoms with E-state index in [0.717, 1.165) is 22.0 Å². The van der Waals surface area contributed by atoms with Crippen LogP contribution >= 0.6 is 11.6 Å². The maximum absolute atomic E-state index is 13.2. The lowest BCUT2D eigenvalue weighted by Gasteiger charge is -2.33. The second kappa shape index (κ2) is 9.14. The molecule has 1 aromatic heterocycles. The van der Waals surface area contributed by atoms with E-state index in [-0.39, 0.29) is 18.4 Å². The third-order valence-corrected chi connectivity index (χ3v) is 6.03. The van der Waals surface area contributed by atoms with E-state index < -0.39 is 23.7 Å². The molecular formula is C26H28ClN3O4. The van der Waals surface area contributed by atoms with Crippen LogP contribution in [0.2, 0.25) is 5.02 Å². The van der Waals surface area contributed by atoms with E-state index in [4.69, 9.17) is 16.3 Å². The lowest BCUT2D eigenvalue weighted by molar-refractivity contribution is -0.159. The maximum atomic E-state index is 13.2. The van der Waals surface area contributed by atoms with Crippen LogP contribution in [0.5, 0.6) is 0 Å². The van der Waals surface area contributed by atoms with Gasteiger partial charge in [0.25, 0.3) is 5.91 Å². The van der Waals surface area contributed by atoms with Crippen molar-refractivity contribution in [2.75, 3.05) is 6.54 Å². The molecule has 0 radical (unpaired) electrons. The number of aromatic amines is 1. The number of nitrogens with one attached hydrogen (secondary N) is 2. The van der Waals surface area contributed by atoms with Crippen molar-refractivity contribution in [1.29, 1.82) is 0 Å². The number of ether oxygens (including phenoxy) is 1. The van der Waals surface area contributed by atoms with Crippen molar-refractivity contribution in [3.8, 4) is 0 Å². The summed E-state index contributed by atoms with van der Waals surface area (Å²) in [5.74, 6) is -1.06. The number of aromatic nitrogens is 1. The summed E-state index contributed by atoms with van der Waals surface area (Å²) in [6.07, 6.45) is 0.538. The fraction of sp³-hybridized carbons (Fsp3) is 0.346. The average Bonchev–Trinajstić information content (AvgIpc) is 3.31. The average molecular weight is 482 g/mol. The maximum Gasteiger partial charge on any atom is 0.326 e. The molecule has 34 heavy (non-hydrogen) atoms. The quantitative estimate of drug-likeness (QED) is 0.528. The number of benzene rings is 2. The lowest BCUT2D eigenvalue weighted by Crippen LogP contribution is -2.48. The molecule has 2 amide bonds. The lowest BCUT2D eigenvalue weighted by atomic mass is 10.0. The highest BCUT2D eigenvalue weighted by molar-refractivity contribution is 6.31. The molecule has 0 spiro atoms. The van der Waals surface area contributed by atoms with Gasteiger partial charge in [0.05, 0.1) is 12.1 Å². The van der Waals surface area contributed by atoms with Gasteiger partial charge in [-0.3, -0.25) is 14.4 Å². The molecule has 2 atom stereocenters. The van der Waals surface area contributed by atoms with Gasteiger partial charge in [-0.1, -0.05) is 35.9 Å². The number of esters is 1. The molecule has 0 fully saturated rings. The zero-order chi connectivity index (χ0) is 24.6. The van der Waals surface area contributed by atoms with Crippen molar-refractivity contribution in [3.63, 3.8) is 0 Å². The predicted octanol–water partition coefficient (Wildman–Crippen LogP) is 4.41. The summed E-state index contributed by atoms with van der Waals surface area (Å²) < 4.78 is 5.46. The number of nitrogens with zero attached hydrogens (tertiary/aromatic N) is 1. The van der Waals surface area contributed by atoms with E-state index in [1.54, 1.807) is 39.0 Å². The van der Waals surface area contributed by atoms with E-state index in [2.05, 4.69) is 10.3 Å². The number of carbonyl (C=O) groups excluding carboxylic acids is 3. The van der Waals surface area contributed by atoms with E-state index in [0.29, 0.717) is 17.1 Å². The highest BCUT2D eigenvalue weighted by Crippen LogP contribution is 2.36. The minimum atomic E-state index is -0.667. The van der Waals surface area contributed by atoms with Gasteiger partial charge in [-0.2, -0.15) is 0 Å². The SMILES string of the molecule is CC(=O)N(CC(=O)OC(C)(C)C)[C@@H]1c2ccccc2C[C@H]1NC(=O)c1cc2cc(Cl)ccc2[nH]1. The molecule has 2 aromatic carbocycles. The molecule has 0 aliphatic heterocycles. The molecular weight excluding hydrogens is 454 g/mol. The van der Waals surface area contributed by atoms with E-state index in [1.165, 1.54) is 11.8 Å². The number of rotatable bonds is 5. The zero-order valence-corrected chi connectivity index (χ0v) is 20.4. The molecule has 2 N–H and O–H groups in total. The third kappa shape index (κ3) is 5.09. The standard InChI is InChI=1S/C26H28ClN3O4/c1-15(31)30(14-23(32)34-26(2,3)4)24-19-8-6-5-7-16(19)12-21(24)29-25(33)22-13-17-11-18(27)9-10-20(17)28-22/h5-11,13,21,24,28H,12,14H2,1-4H3,(H,29,33)/t21-,24-/m1/s1. The van der Waals surface area contributed by atoms with E-state index >= 15 is 0 Å². The van der Waals surface area contributed by atoms with Gasteiger partial charge < -0.3 is 19.9 Å². The van der Waals surface area contributed by atoms with Gasteiger partial charge in [-0.25, -0.2) is 0 Å². The Morgan fingerprint density at radius 1 is 1.15 bits per heavy atom. The van der Waals surface area contributed by atoms with Crippen LogP contribution in [0.1, 0.15) is 55.4 Å². The van der Waals surface area contributed by atoms with Gasteiger partial charge in [0, 0.05) is 22.8 Å². The molecule has 0 saturated carbocycles. The first-order valence-electron chi connectivity index (χ1n) is 11.2. The summed E-state index contributed by atoms with van der Waals surface area (Å²) in [5, 5.41) is 4.50. The predicted molar refractivity (Wildman–Crippen MR) is 131 cm³/mol. The normalized spacial score (nSPS) is 17.3. The first-order chi connectivity index (χ1) is 16.0. The number of hydrogen-bond acceptors (Lipinski definition) is 4. The van der Waals surface area contributed by atoms with E-state index in [1.807, 2.05) is 30.3 Å². The molecule has 3 aromatic rings. The molecule has 8 heteroatoms. The van der Waals surface area contributed by atoms with Gasteiger partial charge in [-0.05, 0) is 62.6 Å². The Hall–Kier alpha value is -3.32.